The Morgan fingerprint density at radius 2 is 2.08 bits per heavy atom. The van der Waals surface area contributed by atoms with Crippen LogP contribution >= 0.6 is 0 Å². The molecule has 0 unspecified atom stereocenters. The van der Waals surface area contributed by atoms with Crippen molar-refractivity contribution in [3.8, 4) is 5.75 Å². The monoisotopic (exact) mass is 524 g/mol. The molecule has 38 heavy (non-hydrogen) atoms. The highest BCUT2D eigenvalue weighted by atomic mass is 19.1. The molecule has 1 amide bonds. The highest BCUT2D eigenvalue weighted by Gasteiger charge is 2.54. The lowest BCUT2D eigenvalue weighted by Crippen LogP contribution is -2.64. The Balaban J connectivity index is 1.11. The smallest absolute Gasteiger partial charge is 0.308 e. The van der Waals surface area contributed by atoms with Crippen LogP contribution in [0.15, 0.2) is 30.3 Å². The highest BCUT2D eigenvalue weighted by Crippen LogP contribution is 2.52. The minimum atomic E-state index is -0.657. The molecule has 3 aliphatic rings. The number of carbonyl (C=O) groups excluding carboxylic acids is 2. The van der Waals surface area contributed by atoms with Crippen LogP contribution < -0.4 is 15.4 Å². The summed E-state index contributed by atoms with van der Waals surface area (Å²) in [5, 5.41) is 6.38. The number of rotatable bonds is 10. The van der Waals surface area contributed by atoms with Gasteiger partial charge in [-0.3, -0.25) is 9.59 Å². The van der Waals surface area contributed by atoms with Gasteiger partial charge in [0.15, 0.2) is 11.6 Å². The van der Waals surface area contributed by atoms with Crippen molar-refractivity contribution in [2.45, 2.75) is 51.5 Å². The normalized spacial score (nSPS) is 18.9. The molecule has 0 bridgehead atoms. The van der Waals surface area contributed by atoms with E-state index in [1.807, 2.05) is 0 Å². The molecule has 2 fully saturated rings. The predicted molar refractivity (Wildman–Crippen MR) is 141 cm³/mol. The Morgan fingerprint density at radius 1 is 1.26 bits per heavy atom. The number of nitrogens with one attached hydrogen (secondary N) is 2. The van der Waals surface area contributed by atoms with Crippen LogP contribution in [-0.2, 0) is 27.2 Å². The third kappa shape index (κ3) is 5.77. The number of amides is 1. The summed E-state index contributed by atoms with van der Waals surface area (Å²) < 4.78 is 24.4. The third-order valence-electron chi connectivity index (χ3n) is 8.05. The van der Waals surface area contributed by atoms with Crippen molar-refractivity contribution in [1.82, 2.24) is 15.2 Å². The number of hydrogen-bond donors (Lipinski definition) is 2. The molecule has 1 saturated carbocycles. The van der Waals surface area contributed by atoms with Crippen LogP contribution in [0.3, 0.4) is 0 Å². The lowest BCUT2D eigenvalue weighted by atomic mass is 9.57. The fourth-order valence-corrected chi connectivity index (χ4v) is 6.10. The number of hydrogen-bond acceptors (Lipinski definition) is 7. The van der Waals surface area contributed by atoms with E-state index in [-0.39, 0.29) is 36.0 Å². The first-order valence-corrected chi connectivity index (χ1v) is 13.6. The summed E-state index contributed by atoms with van der Waals surface area (Å²) in [4.78, 5) is 32.5. The van der Waals surface area contributed by atoms with Crippen molar-refractivity contribution in [3.05, 3.63) is 53.0 Å². The van der Waals surface area contributed by atoms with Crippen LogP contribution in [0.5, 0.6) is 5.75 Å². The number of carbonyl (C=O) groups is 2. The van der Waals surface area contributed by atoms with Crippen LogP contribution in [0.1, 0.15) is 55.5 Å². The van der Waals surface area contributed by atoms with Crippen LogP contribution in [-0.4, -0.2) is 61.7 Å². The van der Waals surface area contributed by atoms with Crippen molar-refractivity contribution >= 4 is 17.7 Å². The van der Waals surface area contributed by atoms with Gasteiger partial charge in [-0.2, -0.15) is 0 Å². The quantitative estimate of drug-likeness (QED) is 0.459. The SMILES string of the molecule is CCOC(=O)C[C@H](NC(=O)C1CC2(C1)CN(CCc1ccc3c(n1)NCCC3)C2)c1ccc(OC)c(F)c1. The molecule has 1 atom stereocenters. The van der Waals surface area contributed by atoms with E-state index in [9.17, 15) is 14.0 Å². The number of fused-ring (bicyclic) bond motifs is 1. The Labute approximate surface area is 223 Å². The lowest BCUT2D eigenvalue weighted by molar-refractivity contribution is -0.147. The van der Waals surface area contributed by atoms with Gasteiger partial charge in [-0.25, -0.2) is 9.37 Å². The zero-order chi connectivity index (χ0) is 26.7. The summed E-state index contributed by atoms with van der Waals surface area (Å²) in [5.74, 6) is -0.00133. The van der Waals surface area contributed by atoms with Gasteiger partial charge in [0.25, 0.3) is 0 Å². The molecule has 0 radical (unpaired) electrons. The van der Waals surface area contributed by atoms with Gasteiger partial charge >= 0.3 is 5.97 Å². The maximum absolute atomic E-state index is 14.3. The molecule has 2 N–H and O–H groups in total. The molecule has 1 saturated heterocycles. The zero-order valence-corrected chi connectivity index (χ0v) is 22.2. The second-order valence-corrected chi connectivity index (χ2v) is 10.9. The summed E-state index contributed by atoms with van der Waals surface area (Å²) in [6, 6.07) is 8.18. The first-order valence-electron chi connectivity index (χ1n) is 13.6. The third-order valence-corrected chi connectivity index (χ3v) is 8.05. The number of methoxy groups -OCH3 is 1. The molecule has 2 aliphatic heterocycles. The van der Waals surface area contributed by atoms with Crippen molar-refractivity contribution in [2.75, 3.05) is 45.2 Å². The number of likely N-dealkylation sites (tertiary alicyclic amines) is 1. The summed E-state index contributed by atoms with van der Waals surface area (Å²) in [6.07, 6.45) is 4.79. The second kappa shape index (κ2) is 11.3. The number of anilines is 1. The molecule has 2 aromatic rings. The van der Waals surface area contributed by atoms with E-state index in [1.54, 1.807) is 13.0 Å². The summed E-state index contributed by atoms with van der Waals surface area (Å²) >= 11 is 0. The maximum Gasteiger partial charge on any atom is 0.308 e. The predicted octanol–water partition coefficient (Wildman–Crippen LogP) is 3.65. The van der Waals surface area contributed by atoms with Gasteiger partial charge in [-0.1, -0.05) is 12.1 Å². The molecule has 5 rings (SSSR count). The fourth-order valence-electron chi connectivity index (χ4n) is 6.10. The van der Waals surface area contributed by atoms with Crippen LogP contribution in [0.2, 0.25) is 0 Å². The van der Waals surface area contributed by atoms with Gasteiger partial charge in [0.2, 0.25) is 5.91 Å². The molecule has 3 heterocycles. The minimum absolute atomic E-state index is 0.0523. The number of benzene rings is 1. The second-order valence-electron chi connectivity index (χ2n) is 10.9. The van der Waals surface area contributed by atoms with Crippen LogP contribution in [0.25, 0.3) is 0 Å². The Bertz CT molecular complexity index is 1180. The molecule has 1 aromatic heterocycles. The van der Waals surface area contributed by atoms with Crippen molar-refractivity contribution in [2.24, 2.45) is 11.3 Å². The van der Waals surface area contributed by atoms with Gasteiger partial charge < -0.3 is 25.0 Å². The molecule has 8 nitrogen and oxygen atoms in total. The van der Waals surface area contributed by atoms with Crippen molar-refractivity contribution in [1.29, 1.82) is 0 Å². The Kier molecular flexibility index (Phi) is 7.83. The molecule has 1 spiro atoms. The number of esters is 1. The number of aryl methyl sites for hydroxylation is 1. The maximum atomic E-state index is 14.3. The fraction of sp³-hybridized carbons (Fsp3) is 0.552. The number of halogens is 1. The highest BCUT2D eigenvalue weighted by molar-refractivity contribution is 5.81. The molecule has 1 aromatic carbocycles. The molecule has 204 valence electrons. The number of aromatic nitrogens is 1. The van der Waals surface area contributed by atoms with E-state index in [0.717, 1.165) is 69.8 Å². The zero-order valence-electron chi connectivity index (χ0n) is 22.2. The lowest BCUT2D eigenvalue weighted by Gasteiger charge is -2.59. The van der Waals surface area contributed by atoms with E-state index in [0.29, 0.717) is 5.56 Å². The van der Waals surface area contributed by atoms with Crippen LogP contribution in [0.4, 0.5) is 10.2 Å². The molecule has 1 aliphatic carbocycles. The van der Waals surface area contributed by atoms with Gasteiger partial charge in [-0.15, -0.1) is 0 Å². The average molecular weight is 525 g/mol. The number of ether oxygens (including phenoxy) is 2. The number of nitrogens with zero attached hydrogens (tertiary/aromatic N) is 2. The molecule has 9 heteroatoms. The first kappa shape index (κ1) is 26.4. The number of pyridine rings is 1. The first-order chi connectivity index (χ1) is 18.4. The standard InChI is InChI=1S/C29H37FN4O4/c1-3-38-26(35)14-24(20-7-9-25(37-2)23(30)13-20)33-28(36)21-15-29(16-21)17-34(18-29)12-10-22-8-6-19-5-4-11-31-27(19)32-22/h6-9,13,21,24H,3-5,10-12,14-18H2,1-2H3,(H,31,32)(H,33,36)/t24-/m0/s1. The van der Waals surface area contributed by atoms with E-state index < -0.39 is 17.8 Å². The van der Waals surface area contributed by atoms with Crippen molar-refractivity contribution in [3.63, 3.8) is 0 Å². The van der Waals surface area contributed by atoms with E-state index in [2.05, 4.69) is 27.7 Å². The molecular formula is C29H37FN4O4. The van der Waals surface area contributed by atoms with Gasteiger partial charge in [0, 0.05) is 44.2 Å². The van der Waals surface area contributed by atoms with Gasteiger partial charge in [0.1, 0.15) is 5.82 Å². The van der Waals surface area contributed by atoms with E-state index in [1.165, 1.54) is 24.8 Å². The summed E-state index contributed by atoms with van der Waals surface area (Å²) in [6.45, 7) is 5.93. The minimum Gasteiger partial charge on any atom is -0.494 e. The van der Waals surface area contributed by atoms with Crippen LogP contribution in [0, 0.1) is 17.2 Å². The van der Waals surface area contributed by atoms with Gasteiger partial charge in [0.05, 0.1) is 26.2 Å². The Hall–Kier alpha value is -3.20. The van der Waals surface area contributed by atoms with E-state index >= 15 is 0 Å². The van der Waals surface area contributed by atoms with Crippen molar-refractivity contribution < 1.29 is 23.5 Å². The summed E-state index contributed by atoms with van der Waals surface area (Å²) in [5.41, 5.74) is 3.14. The largest absolute Gasteiger partial charge is 0.494 e. The summed E-state index contributed by atoms with van der Waals surface area (Å²) in [7, 11) is 1.40. The van der Waals surface area contributed by atoms with E-state index in [4.69, 9.17) is 14.5 Å². The van der Waals surface area contributed by atoms with Gasteiger partial charge in [-0.05, 0) is 67.3 Å². The average Bonchev–Trinajstić information content (AvgIpc) is 2.86. The topological polar surface area (TPSA) is 92.8 Å². The molecular weight excluding hydrogens is 487 g/mol. The Morgan fingerprint density at radius 3 is 2.82 bits per heavy atom.